The fourth-order valence-corrected chi connectivity index (χ4v) is 3.47. The van der Waals surface area contributed by atoms with Crippen LogP contribution in [0.2, 0.25) is 0 Å². The summed E-state index contributed by atoms with van der Waals surface area (Å²) >= 11 is 0. The molecular weight excluding hydrogens is 553 g/mol. The molecule has 0 spiro atoms. The van der Waals surface area contributed by atoms with Crippen LogP contribution in [0.5, 0.6) is 0 Å². The Morgan fingerprint density at radius 1 is 0.750 bits per heavy atom. The number of carbonyl (C=O) groups excluding carboxylic acids is 2. The van der Waals surface area contributed by atoms with Crippen molar-refractivity contribution in [2.45, 2.75) is 96.5 Å². The van der Waals surface area contributed by atoms with Crippen LogP contribution in [0.1, 0.15) is 90.4 Å². The number of ether oxygens (including phenoxy) is 2. The molecule has 0 aliphatic heterocycles. The molecule has 0 aromatic heterocycles. The fraction of sp³-hybridized carbons (Fsp3) is 0.586. The molecule has 0 aromatic carbocycles. The zero-order valence-electron chi connectivity index (χ0n) is 24.0. The molecule has 0 N–H and O–H groups in total. The van der Waals surface area contributed by atoms with Crippen molar-refractivity contribution in [1.29, 1.82) is 0 Å². The van der Waals surface area contributed by atoms with Crippen LogP contribution >= 0.6 is 7.82 Å². The molecule has 40 heavy (non-hydrogen) atoms. The molecule has 0 amide bonds. The Bertz CT molecular complexity index is 1050. The van der Waals surface area contributed by atoms with Gasteiger partial charge < -0.3 is 28.3 Å². The molecule has 0 saturated carbocycles. The Balaban J connectivity index is -0.00000684. The molecule has 0 radical (unpaired) electrons. The molecule has 0 aliphatic carbocycles. The Morgan fingerprint density at radius 2 is 1.23 bits per heavy atom. The van der Waals surface area contributed by atoms with E-state index in [4.69, 9.17) is 15.9 Å². The predicted octanol–water partition coefficient (Wildman–Crippen LogP) is -2.97. The second kappa shape index (κ2) is 30.8. The number of phosphoric acid groups is 1. The van der Waals surface area contributed by atoms with Crippen molar-refractivity contribution in [3.05, 3.63) is 0 Å². The maximum atomic E-state index is 12.1. The van der Waals surface area contributed by atoms with E-state index in [0.29, 0.717) is 6.42 Å². The van der Waals surface area contributed by atoms with Crippen LogP contribution in [-0.2, 0) is 28.2 Å². The van der Waals surface area contributed by atoms with Crippen molar-refractivity contribution in [1.82, 2.24) is 0 Å². The van der Waals surface area contributed by atoms with Crippen LogP contribution in [0.3, 0.4) is 0 Å². The number of terminal acetylenes is 1. The number of esters is 2. The van der Waals surface area contributed by atoms with E-state index in [0.717, 1.165) is 19.3 Å². The van der Waals surface area contributed by atoms with Crippen molar-refractivity contribution in [2.75, 3.05) is 13.2 Å². The number of carbonyl (C=O) groups is 2. The van der Waals surface area contributed by atoms with Crippen molar-refractivity contribution in [3.63, 3.8) is 0 Å². The number of unbranched alkanes of at least 4 members (excludes halogenated alkanes) is 11. The van der Waals surface area contributed by atoms with Crippen LogP contribution in [0.25, 0.3) is 0 Å². The summed E-state index contributed by atoms with van der Waals surface area (Å²) in [6, 6.07) is 0. The van der Waals surface area contributed by atoms with E-state index in [1.54, 1.807) is 0 Å². The van der Waals surface area contributed by atoms with Gasteiger partial charge in [-0.15, -0.1) is 6.42 Å². The molecule has 0 bridgehead atoms. The van der Waals surface area contributed by atoms with Gasteiger partial charge in [0.2, 0.25) is 0 Å². The minimum Gasteiger partial charge on any atom is -0.790 e. The monoisotopic (exact) mass is 588 g/mol. The Labute approximate surface area is 284 Å². The first-order valence-corrected chi connectivity index (χ1v) is 14.2. The van der Waals surface area contributed by atoms with Gasteiger partial charge in [-0.3, -0.25) is 4.79 Å². The summed E-state index contributed by atoms with van der Waals surface area (Å²) in [5.74, 6) is 18.6. The normalized spacial score (nSPS) is 9.95. The summed E-state index contributed by atoms with van der Waals surface area (Å²) in [7, 11) is -5.31. The predicted molar refractivity (Wildman–Crippen MR) is 140 cm³/mol. The van der Waals surface area contributed by atoms with E-state index in [-0.39, 0.29) is 65.5 Å². The molecule has 1 atom stereocenters. The average Bonchev–Trinajstić information content (AvgIpc) is 2.87. The molecule has 0 fully saturated rings. The van der Waals surface area contributed by atoms with Gasteiger partial charge in [0.05, 0.1) is 14.4 Å². The smallest absolute Gasteiger partial charge is 0.790 e. The third-order valence-corrected chi connectivity index (χ3v) is 5.43. The first-order chi connectivity index (χ1) is 18.3. The van der Waals surface area contributed by atoms with E-state index in [1.807, 2.05) is 0 Å². The average molecular weight is 589 g/mol. The van der Waals surface area contributed by atoms with Gasteiger partial charge in [-0.05, 0) is 53.8 Å². The Morgan fingerprint density at radius 3 is 1.73 bits per heavy atom. The summed E-state index contributed by atoms with van der Waals surface area (Å²) in [6.45, 7) is 0.886. The molecule has 11 heteroatoms. The van der Waals surface area contributed by atoms with E-state index < -0.39 is 39.1 Å². The van der Waals surface area contributed by atoms with Crippen LogP contribution in [0.15, 0.2) is 0 Å². The van der Waals surface area contributed by atoms with Crippen LogP contribution < -0.4 is 68.9 Å². The third kappa shape index (κ3) is 33.1. The molecule has 0 aromatic rings. The van der Waals surface area contributed by atoms with Gasteiger partial charge >= 0.3 is 71.1 Å². The summed E-state index contributed by atoms with van der Waals surface area (Å²) in [5, 5.41) is 0. The second-order valence-electron chi connectivity index (χ2n) is 8.24. The zero-order valence-corrected chi connectivity index (χ0v) is 28.9. The summed E-state index contributed by atoms with van der Waals surface area (Å²) < 4.78 is 24.9. The van der Waals surface area contributed by atoms with Crippen LogP contribution in [0.4, 0.5) is 0 Å². The molecule has 0 unspecified atom stereocenters. The molecule has 0 aliphatic rings. The number of hydrogen-bond acceptors (Lipinski definition) is 8. The second-order valence-corrected chi connectivity index (χ2v) is 9.39. The first-order valence-electron chi connectivity index (χ1n) is 12.8. The van der Waals surface area contributed by atoms with Gasteiger partial charge in [0.15, 0.2) is 6.10 Å². The van der Waals surface area contributed by atoms with Gasteiger partial charge in [0.1, 0.15) is 6.61 Å². The molecule has 0 heterocycles. The van der Waals surface area contributed by atoms with E-state index in [2.05, 4.69) is 64.7 Å². The summed E-state index contributed by atoms with van der Waals surface area (Å²) in [5.41, 5.74) is 0. The van der Waals surface area contributed by atoms with Crippen molar-refractivity contribution in [2.24, 2.45) is 0 Å². The summed E-state index contributed by atoms with van der Waals surface area (Å²) in [4.78, 5) is 45.4. The number of hydrogen-bond donors (Lipinski definition) is 0. The van der Waals surface area contributed by atoms with Gasteiger partial charge in [0, 0.05) is 12.3 Å². The SMILES string of the molecule is C#CC#CC#CC#CC#CC(=O)OC[C@@H](COP(=O)([O-])[O-])OC(=O)CCCCCCCCCCCCCC.[Na+].[Na+]. The third-order valence-electron chi connectivity index (χ3n) is 4.96. The molecule has 0 saturated heterocycles. The topological polar surface area (TPSA) is 125 Å². The molecule has 8 nitrogen and oxygen atoms in total. The number of phosphoric ester groups is 1. The maximum absolute atomic E-state index is 12.1. The first kappa shape index (κ1) is 43.3. The molecular formula is C29H35Na2O8P. The Kier molecular flexibility index (Phi) is 33.3. The fourth-order valence-electron chi connectivity index (χ4n) is 3.13. The van der Waals surface area contributed by atoms with Crippen molar-refractivity contribution >= 4 is 19.8 Å². The molecule has 0 rings (SSSR count). The quantitative estimate of drug-likeness (QED) is 0.0392. The van der Waals surface area contributed by atoms with Gasteiger partial charge in [0.25, 0.3) is 0 Å². The largest absolute Gasteiger partial charge is 1.00 e. The van der Waals surface area contributed by atoms with Crippen LogP contribution in [-0.4, -0.2) is 31.3 Å². The van der Waals surface area contributed by atoms with Crippen LogP contribution in [0, 0.1) is 59.7 Å². The van der Waals surface area contributed by atoms with E-state index >= 15 is 0 Å². The van der Waals surface area contributed by atoms with Gasteiger partial charge in [-0.1, -0.05) is 77.6 Å². The minimum absolute atomic E-state index is 0. The minimum atomic E-state index is -5.31. The van der Waals surface area contributed by atoms with Crippen molar-refractivity contribution in [3.8, 4) is 59.7 Å². The van der Waals surface area contributed by atoms with Gasteiger partial charge in [-0.25, -0.2) is 4.79 Å². The number of rotatable bonds is 19. The molecule has 206 valence electrons. The van der Waals surface area contributed by atoms with E-state index in [9.17, 15) is 23.9 Å². The van der Waals surface area contributed by atoms with E-state index in [1.165, 1.54) is 51.4 Å². The van der Waals surface area contributed by atoms with Crippen molar-refractivity contribution < 1.29 is 97.1 Å². The standard InChI is InChI=1S/C29H37O8P.2Na/c1-3-5-7-9-11-13-14-15-16-18-20-22-24-29(31)37-27(26-36-38(32,33)34)25-35-28(30)23-21-19-17-12-10-8-6-4-2;;/h2,27H,3,5,7,9,11,13-16,18,20,22,24-26H2,1H3,(H2,32,33,34);;/q;2*+1/p-2/t27-;;/m0../s1. The van der Waals surface area contributed by atoms with Gasteiger partial charge in [-0.2, -0.15) is 0 Å². The summed E-state index contributed by atoms with van der Waals surface area (Å²) in [6.07, 6.45) is 17.5. The maximum Gasteiger partial charge on any atom is 1.00 e. The Hall–Kier alpha value is -1.15. The zero-order chi connectivity index (χ0) is 28.3.